The highest BCUT2D eigenvalue weighted by molar-refractivity contribution is 5.74. The summed E-state index contributed by atoms with van der Waals surface area (Å²) in [5, 5.41) is 6.42. The minimum Gasteiger partial charge on any atom is -0.281 e. The van der Waals surface area contributed by atoms with Gasteiger partial charge in [-0.05, 0) is 5.56 Å². The lowest BCUT2D eigenvalue weighted by atomic mass is 10.2. The van der Waals surface area contributed by atoms with Crippen molar-refractivity contribution < 1.29 is 4.58 Å². The molecule has 0 fully saturated rings. The fraction of sp³-hybridized carbons (Fsp3) is 0.364. The third-order valence-corrected chi connectivity index (χ3v) is 1.99. The fourth-order valence-electron chi connectivity index (χ4n) is 1.25. The van der Waals surface area contributed by atoms with Gasteiger partial charge in [-0.1, -0.05) is 30.3 Å². The largest absolute Gasteiger partial charge is 0.345 e. The maximum absolute atomic E-state index is 3.32. The molecular formula is C11H18N3+. The third kappa shape index (κ3) is 3.09. The Kier molecular flexibility index (Phi) is 3.98. The van der Waals surface area contributed by atoms with Crippen molar-refractivity contribution in [1.29, 1.82) is 0 Å². The summed E-state index contributed by atoms with van der Waals surface area (Å²) in [6.07, 6.45) is 0. The highest BCUT2D eigenvalue weighted by Crippen LogP contribution is 1.96. The van der Waals surface area contributed by atoms with Crippen molar-refractivity contribution in [2.45, 2.75) is 6.54 Å². The summed E-state index contributed by atoms with van der Waals surface area (Å²) in [6.45, 7) is 0.842. The number of rotatable bonds is 2. The summed E-state index contributed by atoms with van der Waals surface area (Å²) in [4.78, 5) is 0. The van der Waals surface area contributed by atoms with Crippen LogP contribution in [0.3, 0.4) is 0 Å². The molecule has 0 aliphatic carbocycles. The molecule has 0 saturated carbocycles. The molecule has 0 radical (unpaired) electrons. The molecule has 1 rings (SSSR count). The van der Waals surface area contributed by atoms with Crippen LogP contribution in [0.4, 0.5) is 0 Å². The Bertz CT molecular complexity index is 300. The molecule has 0 spiro atoms. The monoisotopic (exact) mass is 192 g/mol. The SMILES string of the molecule is CNC(NCc1ccccc1)=[N+](C)C. The van der Waals surface area contributed by atoms with E-state index in [4.69, 9.17) is 0 Å². The molecule has 14 heavy (non-hydrogen) atoms. The van der Waals surface area contributed by atoms with E-state index in [0.717, 1.165) is 12.5 Å². The second kappa shape index (κ2) is 5.27. The number of guanidine groups is 1. The maximum Gasteiger partial charge on any atom is 0.345 e. The van der Waals surface area contributed by atoms with E-state index < -0.39 is 0 Å². The Morgan fingerprint density at radius 3 is 2.36 bits per heavy atom. The summed E-state index contributed by atoms with van der Waals surface area (Å²) in [5.74, 6) is 1.02. The summed E-state index contributed by atoms with van der Waals surface area (Å²) >= 11 is 0. The molecule has 0 amide bonds. The third-order valence-electron chi connectivity index (χ3n) is 1.99. The molecule has 76 valence electrons. The molecule has 3 nitrogen and oxygen atoms in total. The van der Waals surface area contributed by atoms with E-state index in [1.54, 1.807) is 0 Å². The molecule has 1 aromatic rings. The fourth-order valence-corrected chi connectivity index (χ4v) is 1.25. The van der Waals surface area contributed by atoms with Crippen LogP contribution < -0.4 is 10.6 Å². The molecule has 0 unspecified atom stereocenters. The van der Waals surface area contributed by atoms with Gasteiger partial charge >= 0.3 is 5.96 Å². The van der Waals surface area contributed by atoms with Crippen molar-refractivity contribution in [3.63, 3.8) is 0 Å². The Balaban J connectivity index is 2.53. The molecule has 0 aliphatic rings. The minimum atomic E-state index is 0.842. The van der Waals surface area contributed by atoms with Gasteiger partial charge in [0.05, 0.1) is 27.7 Å². The van der Waals surface area contributed by atoms with Crippen LogP contribution in [0.5, 0.6) is 0 Å². The minimum absolute atomic E-state index is 0.842. The van der Waals surface area contributed by atoms with E-state index >= 15 is 0 Å². The van der Waals surface area contributed by atoms with E-state index in [2.05, 4.69) is 22.8 Å². The topological polar surface area (TPSA) is 27.1 Å². The van der Waals surface area contributed by atoms with Crippen LogP contribution in [-0.4, -0.2) is 31.7 Å². The van der Waals surface area contributed by atoms with Gasteiger partial charge in [-0.25, -0.2) is 0 Å². The Labute approximate surface area is 85.5 Å². The van der Waals surface area contributed by atoms with Gasteiger partial charge in [-0.15, -0.1) is 0 Å². The summed E-state index contributed by atoms with van der Waals surface area (Å²) in [5.41, 5.74) is 1.28. The predicted octanol–water partition coefficient (Wildman–Crippen LogP) is 0.624. The molecule has 3 heteroatoms. The van der Waals surface area contributed by atoms with Gasteiger partial charge in [0, 0.05) is 0 Å². The molecule has 0 aromatic heterocycles. The standard InChI is InChI=1S/C11H17N3/c1-12-11(14(2)3)13-9-10-7-5-4-6-8-10/h4-8H,9H2,1-3H3,(H,12,13)/p+1. The lowest BCUT2D eigenvalue weighted by Gasteiger charge is -2.05. The van der Waals surface area contributed by atoms with Crippen molar-refractivity contribution >= 4 is 5.96 Å². The van der Waals surface area contributed by atoms with Crippen LogP contribution in [0.15, 0.2) is 30.3 Å². The van der Waals surface area contributed by atoms with Crippen molar-refractivity contribution in [3.8, 4) is 0 Å². The zero-order valence-corrected chi connectivity index (χ0v) is 9.04. The first-order valence-electron chi connectivity index (χ1n) is 4.74. The lowest BCUT2D eigenvalue weighted by Crippen LogP contribution is -2.40. The summed E-state index contributed by atoms with van der Waals surface area (Å²) < 4.78 is 2.02. The summed E-state index contributed by atoms with van der Waals surface area (Å²) in [6, 6.07) is 10.3. The molecule has 0 saturated heterocycles. The molecular weight excluding hydrogens is 174 g/mol. The van der Waals surface area contributed by atoms with Crippen molar-refractivity contribution in [2.24, 2.45) is 0 Å². The first-order chi connectivity index (χ1) is 6.74. The smallest absolute Gasteiger partial charge is 0.281 e. The Morgan fingerprint density at radius 2 is 1.86 bits per heavy atom. The molecule has 1 aromatic carbocycles. The van der Waals surface area contributed by atoms with E-state index in [9.17, 15) is 0 Å². The Hall–Kier alpha value is -1.51. The molecule has 0 atom stereocenters. The van der Waals surface area contributed by atoms with Gasteiger partial charge in [0.15, 0.2) is 0 Å². The van der Waals surface area contributed by atoms with Crippen molar-refractivity contribution in [1.82, 2.24) is 10.6 Å². The van der Waals surface area contributed by atoms with Crippen molar-refractivity contribution in [2.75, 3.05) is 21.1 Å². The van der Waals surface area contributed by atoms with Crippen LogP contribution in [0.25, 0.3) is 0 Å². The van der Waals surface area contributed by atoms with Gasteiger partial charge < -0.3 is 0 Å². The average Bonchev–Trinajstić information content (AvgIpc) is 2.20. The quantitative estimate of drug-likeness (QED) is 0.408. The molecule has 0 bridgehead atoms. The number of hydrogen-bond acceptors (Lipinski definition) is 0. The number of nitrogens with zero attached hydrogens (tertiary/aromatic N) is 1. The van der Waals surface area contributed by atoms with Crippen molar-refractivity contribution in [3.05, 3.63) is 35.9 Å². The van der Waals surface area contributed by atoms with Gasteiger partial charge in [0.25, 0.3) is 0 Å². The van der Waals surface area contributed by atoms with Crippen LogP contribution in [0.2, 0.25) is 0 Å². The van der Waals surface area contributed by atoms with Gasteiger partial charge in [0.1, 0.15) is 0 Å². The first-order valence-corrected chi connectivity index (χ1v) is 4.74. The van der Waals surface area contributed by atoms with E-state index in [-0.39, 0.29) is 0 Å². The predicted molar refractivity (Wildman–Crippen MR) is 59.5 cm³/mol. The second-order valence-electron chi connectivity index (χ2n) is 3.33. The molecule has 2 N–H and O–H groups in total. The van der Waals surface area contributed by atoms with Crippen LogP contribution in [-0.2, 0) is 6.54 Å². The van der Waals surface area contributed by atoms with Gasteiger partial charge in [0.2, 0.25) is 0 Å². The average molecular weight is 192 g/mol. The van der Waals surface area contributed by atoms with Gasteiger partial charge in [-0.2, -0.15) is 0 Å². The second-order valence-corrected chi connectivity index (χ2v) is 3.33. The van der Waals surface area contributed by atoms with E-state index in [0.29, 0.717) is 0 Å². The normalized spacial score (nSPS) is 9.36. The number of nitrogens with one attached hydrogen (secondary N) is 2. The number of benzene rings is 1. The zero-order valence-electron chi connectivity index (χ0n) is 9.04. The number of hydrogen-bond donors (Lipinski definition) is 2. The first kappa shape index (κ1) is 10.6. The van der Waals surface area contributed by atoms with Crippen LogP contribution >= 0.6 is 0 Å². The highest BCUT2D eigenvalue weighted by atomic mass is 15.2. The Morgan fingerprint density at radius 1 is 1.21 bits per heavy atom. The van der Waals surface area contributed by atoms with E-state index in [1.165, 1.54) is 5.56 Å². The van der Waals surface area contributed by atoms with Crippen LogP contribution in [0, 0.1) is 0 Å². The maximum atomic E-state index is 3.32. The zero-order chi connectivity index (χ0) is 10.4. The summed E-state index contributed by atoms with van der Waals surface area (Å²) in [7, 11) is 5.92. The van der Waals surface area contributed by atoms with Crippen LogP contribution in [0.1, 0.15) is 5.56 Å². The van der Waals surface area contributed by atoms with E-state index in [1.807, 2.05) is 43.9 Å². The van der Waals surface area contributed by atoms with Gasteiger partial charge in [-0.3, -0.25) is 15.2 Å². The highest BCUT2D eigenvalue weighted by Gasteiger charge is 2.03. The lowest BCUT2D eigenvalue weighted by molar-refractivity contribution is -0.469. The molecule has 0 heterocycles. The molecule has 0 aliphatic heterocycles.